The van der Waals surface area contributed by atoms with Crippen LogP contribution in [0.1, 0.15) is 37.8 Å². The van der Waals surface area contributed by atoms with Crippen molar-refractivity contribution in [3.8, 4) is 0 Å². The zero-order valence-corrected chi connectivity index (χ0v) is 12.0. The van der Waals surface area contributed by atoms with E-state index in [0.717, 1.165) is 37.4 Å². The summed E-state index contributed by atoms with van der Waals surface area (Å²) >= 11 is 0. The average Bonchev–Trinajstić information content (AvgIpc) is 2.91. The Morgan fingerprint density at radius 2 is 2.15 bits per heavy atom. The summed E-state index contributed by atoms with van der Waals surface area (Å²) in [7, 11) is 0. The van der Waals surface area contributed by atoms with Gasteiger partial charge in [-0.15, -0.1) is 0 Å². The summed E-state index contributed by atoms with van der Waals surface area (Å²) < 4.78 is 15.1. The minimum absolute atomic E-state index is 0.0586. The first-order valence-electron chi connectivity index (χ1n) is 7.09. The molecule has 0 fully saturated rings. The van der Waals surface area contributed by atoms with Crippen LogP contribution in [0.15, 0.2) is 30.7 Å². The van der Waals surface area contributed by atoms with Gasteiger partial charge < -0.3 is 9.88 Å². The van der Waals surface area contributed by atoms with E-state index in [1.54, 1.807) is 6.07 Å². The van der Waals surface area contributed by atoms with Gasteiger partial charge in [-0.1, -0.05) is 6.92 Å². The van der Waals surface area contributed by atoms with Crippen molar-refractivity contribution in [2.75, 3.05) is 6.54 Å². The average molecular weight is 276 g/mol. The first-order chi connectivity index (χ1) is 9.74. The zero-order valence-electron chi connectivity index (χ0n) is 12.0. The van der Waals surface area contributed by atoms with Crippen LogP contribution in [0.4, 0.5) is 4.39 Å². The molecule has 2 aromatic rings. The molecule has 2 rings (SSSR count). The molecule has 0 aromatic carbocycles. The van der Waals surface area contributed by atoms with Crippen LogP contribution in [-0.2, 0) is 13.0 Å². The maximum Gasteiger partial charge on any atom is 0.141 e. The van der Waals surface area contributed by atoms with Crippen molar-refractivity contribution >= 4 is 0 Å². The molecule has 0 radical (unpaired) electrons. The van der Waals surface area contributed by atoms with Crippen molar-refractivity contribution in [2.24, 2.45) is 0 Å². The maximum absolute atomic E-state index is 13.0. The molecule has 0 aliphatic heterocycles. The molecule has 2 aromatic heterocycles. The lowest BCUT2D eigenvalue weighted by Gasteiger charge is -2.18. The lowest BCUT2D eigenvalue weighted by molar-refractivity contribution is 0.494. The van der Waals surface area contributed by atoms with Crippen LogP contribution in [0.2, 0.25) is 0 Å². The van der Waals surface area contributed by atoms with E-state index in [0.29, 0.717) is 0 Å². The van der Waals surface area contributed by atoms with Gasteiger partial charge in [0.15, 0.2) is 0 Å². The molecule has 0 saturated heterocycles. The van der Waals surface area contributed by atoms with Gasteiger partial charge in [-0.05, 0) is 32.0 Å². The number of imidazole rings is 1. The SMILES string of the molecule is CCCNC(Cc1nccn1CC)c1ccc(F)cn1. The van der Waals surface area contributed by atoms with E-state index in [4.69, 9.17) is 0 Å². The standard InChI is InChI=1S/C15H21FN4/c1-3-7-17-14(13-6-5-12(16)11-19-13)10-15-18-8-9-20(15)4-2/h5-6,8-9,11,14,17H,3-4,7,10H2,1-2H3. The predicted octanol–water partition coefficient (Wildman–Crippen LogP) is 2.72. The summed E-state index contributed by atoms with van der Waals surface area (Å²) in [6.07, 6.45) is 6.85. The molecular weight excluding hydrogens is 255 g/mol. The van der Waals surface area contributed by atoms with Gasteiger partial charge in [0.25, 0.3) is 0 Å². The summed E-state index contributed by atoms with van der Waals surface area (Å²) in [5.74, 6) is 0.713. The minimum atomic E-state index is -0.307. The van der Waals surface area contributed by atoms with E-state index in [-0.39, 0.29) is 11.9 Å². The fraction of sp³-hybridized carbons (Fsp3) is 0.467. The molecule has 1 atom stereocenters. The fourth-order valence-corrected chi connectivity index (χ4v) is 2.19. The number of pyridine rings is 1. The minimum Gasteiger partial charge on any atom is -0.335 e. The highest BCUT2D eigenvalue weighted by Crippen LogP contribution is 2.16. The van der Waals surface area contributed by atoms with Gasteiger partial charge in [-0.2, -0.15) is 0 Å². The summed E-state index contributed by atoms with van der Waals surface area (Å²) in [5.41, 5.74) is 0.852. The molecule has 0 amide bonds. The maximum atomic E-state index is 13.0. The van der Waals surface area contributed by atoms with Gasteiger partial charge in [0, 0.05) is 25.4 Å². The number of nitrogens with zero attached hydrogens (tertiary/aromatic N) is 3. The molecule has 4 nitrogen and oxygen atoms in total. The highest BCUT2D eigenvalue weighted by atomic mass is 19.1. The second kappa shape index (κ2) is 7.14. The highest BCUT2D eigenvalue weighted by molar-refractivity contribution is 5.12. The van der Waals surface area contributed by atoms with Crippen LogP contribution >= 0.6 is 0 Å². The van der Waals surface area contributed by atoms with Gasteiger partial charge in [0.05, 0.1) is 17.9 Å². The van der Waals surface area contributed by atoms with Crippen LogP contribution in [-0.4, -0.2) is 21.1 Å². The number of halogens is 1. The number of hydrogen-bond acceptors (Lipinski definition) is 3. The lowest BCUT2D eigenvalue weighted by Crippen LogP contribution is -2.26. The highest BCUT2D eigenvalue weighted by Gasteiger charge is 2.15. The van der Waals surface area contributed by atoms with Gasteiger partial charge >= 0.3 is 0 Å². The Morgan fingerprint density at radius 3 is 2.80 bits per heavy atom. The van der Waals surface area contributed by atoms with E-state index < -0.39 is 0 Å². The molecule has 20 heavy (non-hydrogen) atoms. The first-order valence-corrected chi connectivity index (χ1v) is 7.09. The molecular formula is C15H21FN4. The van der Waals surface area contributed by atoms with E-state index in [9.17, 15) is 4.39 Å². The lowest BCUT2D eigenvalue weighted by atomic mass is 10.1. The van der Waals surface area contributed by atoms with Gasteiger partial charge in [0.2, 0.25) is 0 Å². The summed E-state index contributed by atoms with van der Waals surface area (Å²) in [6.45, 7) is 6.01. The normalized spacial score (nSPS) is 12.6. The van der Waals surface area contributed by atoms with E-state index >= 15 is 0 Å². The van der Waals surface area contributed by atoms with Crippen molar-refractivity contribution in [1.82, 2.24) is 19.9 Å². The van der Waals surface area contributed by atoms with Crippen LogP contribution < -0.4 is 5.32 Å². The van der Waals surface area contributed by atoms with Crippen molar-refractivity contribution in [1.29, 1.82) is 0 Å². The molecule has 1 N–H and O–H groups in total. The van der Waals surface area contributed by atoms with Gasteiger partial charge in [0.1, 0.15) is 11.6 Å². The van der Waals surface area contributed by atoms with Crippen LogP contribution in [0.3, 0.4) is 0 Å². The van der Waals surface area contributed by atoms with Crippen LogP contribution in [0.25, 0.3) is 0 Å². The second-order valence-corrected chi connectivity index (χ2v) is 4.74. The molecule has 0 spiro atoms. The van der Waals surface area contributed by atoms with Crippen LogP contribution in [0.5, 0.6) is 0 Å². The smallest absolute Gasteiger partial charge is 0.141 e. The second-order valence-electron chi connectivity index (χ2n) is 4.74. The topological polar surface area (TPSA) is 42.7 Å². The quantitative estimate of drug-likeness (QED) is 0.845. The Labute approximate surface area is 119 Å². The van der Waals surface area contributed by atoms with Crippen molar-refractivity contribution < 1.29 is 4.39 Å². The fourth-order valence-electron chi connectivity index (χ4n) is 2.19. The van der Waals surface area contributed by atoms with E-state index in [2.05, 4.69) is 33.7 Å². The monoisotopic (exact) mass is 276 g/mol. The third-order valence-corrected chi connectivity index (χ3v) is 3.28. The Morgan fingerprint density at radius 1 is 1.30 bits per heavy atom. The summed E-state index contributed by atoms with van der Waals surface area (Å²) in [6, 6.07) is 3.25. The number of aryl methyl sites for hydroxylation is 1. The molecule has 1 unspecified atom stereocenters. The molecule has 0 aliphatic rings. The van der Waals surface area contributed by atoms with Crippen LogP contribution in [0, 0.1) is 5.82 Å². The molecule has 108 valence electrons. The third-order valence-electron chi connectivity index (χ3n) is 3.28. The first kappa shape index (κ1) is 14.7. The number of nitrogens with one attached hydrogen (secondary N) is 1. The van der Waals surface area contributed by atoms with E-state index in [1.807, 2.05) is 12.4 Å². The Balaban J connectivity index is 2.17. The summed E-state index contributed by atoms with van der Waals surface area (Å²) in [5, 5.41) is 3.46. The third kappa shape index (κ3) is 3.63. The van der Waals surface area contributed by atoms with E-state index in [1.165, 1.54) is 12.3 Å². The Hall–Kier alpha value is -1.75. The molecule has 2 heterocycles. The number of aromatic nitrogens is 3. The largest absolute Gasteiger partial charge is 0.335 e. The molecule has 5 heteroatoms. The Kier molecular flexibility index (Phi) is 5.24. The molecule has 0 saturated carbocycles. The van der Waals surface area contributed by atoms with Gasteiger partial charge in [-0.25, -0.2) is 9.37 Å². The molecule has 0 bridgehead atoms. The van der Waals surface area contributed by atoms with Crippen molar-refractivity contribution in [3.05, 3.63) is 48.1 Å². The van der Waals surface area contributed by atoms with Crippen molar-refractivity contribution in [2.45, 2.75) is 39.3 Å². The molecule has 0 aliphatic carbocycles. The number of rotatable bonds is 7. The summed E-state index contributed by atoms with van der Waals surface area (Å²) in [4.78, 5) is 8.59. The predicted molar refractivity (Wildman–Crippen MR) is 76.8 cm³/mol. The van der Waals surface area contributed by atoms with Crippen molar-refractivity contribution in [3.63, 3.8) is 0 Å². The Bertz CT molecular complexity index is 521. The number of hydrogen-bond donors (Lipinski definition) is 1. The van der Waals surface area contributed by atoms with Gasteiger partial charge in [-0.3, -0.25) is 4.98 Å². The zero-order chi connectivity index (χ0) is 14.4.